The molecule has 0 unspecified atom stereocenters. The van der Waals surface area contributed by atoms with Crippen molar-refractivity contribution in [3.05, 3.63) is 35.9 Å². The summed E-state index contributed by atoms with van der Waals surface area (Å²) in [5, 5.41) is 8.58. The van der Waals surface area contributed by atoms with Crippen LogP contribution in [0.2, 0.25) is 0 Å². The average molecular weight is 194 g/mol. The molecular formula is C10H10O4. The molecule has 0 saturated heterocycles. The fourth-order valence-electron chi connectivity index (χ4n) is 1.14. The first-order chi connectivity index (χ1) is 6.74. The predicted octanol–water partition coefficient (Wildman–Crippen LogP) is 1.38. The zero-order valence-corrected chi connectivity index (χ0v) is 7.42. The molecule has 0 aliphatic heterocycles. The van der Waals surface area contributed by atoms with Crippen LogP contribution in [0.4, 0.5) is 0 Å². The van der Waals surface area contributed by atoms with Gasteiger partial charge in [0.15, 0.2) is 0 Å². The Morgan fingerprint density at radius 1 is 1.43 bits per heavy atom. The van der Waals surface area contributed by atoms with E-state index < -0.39 is 12.1 Å². The number of carboxylic acids is 1. The quantitative estimate of drug-likeness (QED) is 0.719. The Labute approximate surface area is 81.1 Å². The zero-order valence-electron chi connectivity index (χ0n) is 7.42. The van der Waals surface area contributed by atoms with Gasteiger partial charge >= 0.3 is 5.97 Å². The second-order valence-electron chi connectivity index (χ2n) is 2.73. The Morgan fingerprint density at radius 2 is 2.07 bits per heavy atom. The number of rotatable bonds is 5. The summed E-state index contributed by atoms with van der Waals surface area (Å²) in [5.41, 5.74) is 0.682. The predicted molar refractivity (Wildman–Crippen MR) is 48.6 cm³/mol. The van der Waals surface area contributed by atoms with E-state index in [1.165, 1.54) is 0 Å². The van der Waals surface area contributed by atoms with Crippen LogP contribution in [0, 0.1) is 0 Å². The van der Waals surface area contributed by atoms with E-state index in [4.69, 9.17) is 5.11 Å². The zero-order chi connectivity index (χ0) is 10.4. The number of hydrogen-bond donors (Lipinski definition) is 1. The van der Waals surface area contributed by atoms with Crippen LogP contribution in [0.25, 0.3) is 0 Å². The second-order valence-corrected chi connectivity index (χ2v) is 2.73. The minimum absolute atomic E-state index is 0.219. The van der Waals surface area contributed by atoms with Gasteiger partial charge in [0.05, 0.1) is 6.42 Å². The lowest BCUT2D eigenvalue weighted by molar-refractivity contribution is -0.143. The van der Waals surface area contributed by atoms with Crippen LogP contribution in [0.5, 0.6) is 0 Å². The van der Waals surface area contributed by atoms with E-state index in [2.05, 4.69) is 4.74 Å². The van der Waals surface area contributed by atoms with Crippen molar-refractivity contribution in [2.45, 2.75) is 12.5 Å². The first-order valence-electron chi connectivity index (χ1n) is 4.10. The van der Waals surface area contributed by atoms with Crippen LogP contribution in [0.3, 0.4) is 0 Å². The van der Waals surface area contributed by atoms with Gasteiger partial charge < -0.3 is 9.84 Å². The number of ether oxygens (including phenoxy) is 1. The number of carbonyl (C=O) groups is 2. The highest BCUT2D eigenvalue weighted by Crippen LogP contribution is 2.19. The van der Waals surface area contributed by atoms with E-state index in [9.17, 15) is 9.59 Å². The third-order valence-electron chi connectivity index (χ3n) is 1.75. The van der Waals surface area contributed by atoms with Gasteiger partial charge in [0, 0.05) is 0 Å². The summed E-state index contributed by atoms with van der Waals surface area (Å²) < 4.78 is 4.68. The van der Waals surface area contributed by atoms with E-state index in [0.717, 1.165) is 0 Å². The smallest absolute Gasteiger partial charge is 0.307 e. The molecule has 0 aliphatic carbocycles. The lowest BCUT2D eigenvalue weighted by Crippen LogP contribution is -2.09. The van der Waals surface area contributed by atoms with E-state index in [0.29, 0.717) is 5.56 Å². The molecule has 0 amide bonds. The van der Waals surface area contributed by atoms with Crippen molar-refractivity contribution in [3.63, 3.8) is 0 Å². The second kappa shape index (κ2) is 5.01. The lowest BCUT2D eigenvalue weighted by atomic mass is 10.1. The molecule has 0 fully saturated rings. The van der Waals surface area contributed by atoms with Gasteiger partial charge in [0.1, 0.15) is 6.10 Å². The normalized spacial score (nSPS) is 11.7. The Bertz CT molecular complexity index is 307. The van der Waals surface area contributed by atoms with Gasteiger partial charge in [-0.2, -0.15) is 0 Å². The average Bonchev–Trinajstić information content (AvgIpc) is 2.18. The highest BCUT2D eigenvalue weighted by atomic mass is 16.5. The van der Waals surface area contributed by atoms with Crippen molar-refractivity contribution >= 4 is 12.4 Å². The molecule has 0 radical (unpaired) electrons. The largest absolute Gasteiger partial charge is 0.481 e. The Balaban J connectivity index is 2.77. The third-order valence-corrected chi connectivity index (χ3v) is 1.75. The number of carbonyl (C=O) groups excluding carboxylic acids is 1. The van der Waals surface area contributed by atoms with Gasteiger partial charge in [0.2, 0.25) is 0 Å². The number of aliphatic carboxylic acids is 1. The maximum absolute atomic E-state index is 10.5. The molecule has 0 spiro atoms. The monoisotopic (exact) mass is 194 g/mol. The maximum atomic E-state index is 10.5. The molecule has 1 aromatic rings. The summed E-state index contributed by atoms with van der Waals surface area (Å²) in [4.78, 5) is 20.6. The van der Waals surface area contributed by atoms with Crippen molar-refractivity contribution in [1.29, 1.82) is 0 Å². The maximum Gasteiger partial charge on any atom is 0.307 e. The SMILES string of the molecule is O=CO[C@H](CC(=O)O)c1ccccc1. The molecule has 1 rings (SSSR count). The number of carboxylic acid groups (broad SMARTS) is 1. The Morgan fingerprint density at radius 3 is 2.57 bits per heavy atom. The molecule has 0 aliphatic rings. The minimum Gasteiger partial charge on any atom is -0.481 e. The summed E-state index contributed by atoms with van der Waals surface area (Å²) in [7, 11) is 0. The Hall–Kier alpha value is -1.84. The topological polar surface area (TPSA) is 63.6 Å². The van der Waals surface area contributed by atoms with Crippen LogP contribution in [0.1, 0.15) is 18.1 Å². The molecule has 0 bridgehead atoms. The lowest BCUT2D eigenvalue weighted by Gasteiger charge is -2.12. The summed E-state index contributed by atoms with van der Waals surface area (Å²) in [5.74, 6) is -0.999. The molecule has 14 heavy (non-hydrogen) atoms. The summed E-state index contributed by atoms with van der Waals surface area (Å²) in [6, 6.07) is 8.77. The molecule has 0 aromatic heterocycles. The fourth-order valence-corrected chi connectivity index (χ4v) is 1.14. The molecule has 4 nitrogen and oxygen atoms in total. The van der Waals surface area contributed by atoms with Crippen molar-refractivity contribution in [2.24, 2.45) is 0 Å². The van der Waals surface area contributed by atoms with Crippen molar-refractivity contribution in [2.75, 3.05) is 0 Å². The first-order valence-corrected chi connectivity index (χ1v) is 4.10. The van der Waals surface area contributed by atoms with Gasteiger partial charge in [-0.25, -0.2) is 0 Å². The third kappa shape index (κ3) is 2.90. The van der Waals surface area contributed by atoms with E-state index >= 15 is 0 Å². The molecule has 1 atom stereocenters. The number of benzene rings is 1. The van der Waals surface area contributed by atoms with Crippen LogP contribution >= 0.6 is 0 Å². The highest BCUT2D eigenvalue weighted by molar-refractivity contribution is 5.68. The van der Waals surface area contributed by atoms with Crippen molar-refractivity contribution in [1.82, 2.24) is 0 Å². The van der Waals surface area contributed by atoms with E-state index in [-0.39, 0.29) is 12.9 Å². The highest BCUT2D eigenvalue weighted by Gasteiger charge is 2.15. The van der Waals surface area contributed by atoms with Crippen LogP contribution in [-0.2, 0) is 14.3 Å². The van der Waals surface area contributed by atoms with Crippen LogP contribution in [0.15, 0.2) is 30.3 Å². The molecule has 0 heterocycles. The first kappa shape index (κ1) is 10.2. The molecular weight excluding hydrogens is 184 g/mol. The minimum atomic E-state index is -0.999. The van der Waals surface area contributed by atoms with Gasteiger partial charge in [-0.15, -0.1) is 0 Å². The summed E-state index contributed by atoms with van der Waals surface area (Å²) in [6.45, 7) is 0.264. The summed E-state index contributed by atoms with van der Waals surface area (Å²) in [6.07, 6.45) is -0.922. The molecule has 1 N–H and O–H groups in total. The van der Waals surface area contributed by atoms with Crippen LogP contribution < -0.4 is 0 Å². The van der Waals surface area contributed by atoms with Crippen molar-refractivity contribution in [3.8, 4) is 0 Å². The van der Waals surface area contributed by atoms with Gasteiger partial charge in [-0.3, -0.25) is 9.59 Å². The molecule has 0 saturated carbocycles. The Kier molecular flexibility index (Phi) is 3.67. The van der Waals surface area contributed by atoms with Gasteiger partial charge in [0.25, 0.3) is 6.47 Å². The molecule has 1 aromatic carbocycles. The van der Waals surface area contributed by atoms with Crippen molar-refractivity contribution < 1.29 is 19.4 Å². The van der Waals surface area contributed by atoms with Gasteiger partial charge in [-0.05, 0) is 5.56 Å². The van der Waals surface area contributed by atoms with Gasteiger partial charge in [-0.1, -0.05) is 30.3 Å². The fraction of sp³-hybridized carbons (Fsp3) is 0.200. The summed E-state index contributed by atoms with van der Waals surface area (Å²) >= 11 is 0. The van der Waals surface area contributed by atoms with E-state index in [1.807, 2.05) is 6.07 Å². The number of hydrogen-bond acceptors (Lipinski definition) is 3. The van der Waals surface area contributed by atoms with Crippen LogP contribution in [-0.4, -0.2) is 17.5 Å². The van der Waals surface area contributed by atoms with E-state index in [1.54, 1.807) is 24.3 Å². The standard InChI is InChI=1S/C10H10O4/c11-7-14-9(6-10(12)13)8-4-2-1-3-5-8/h1-5,7,9H,6H2,(H,12,13)/t9-/m1/s1. The molecule has 4 heteroatoms. The molecule has 74 valence electrons.